The zero-order valence-corrected chi connectivity index (χ0v) is 14.4. The number of rotatable bonds is 5. The van der Waals surface area contributed by atoms with Gasteiger partial charge in [-0.2, -0.15) is 10.2 Å². The zero-order chi connectivity index (χ0) is 18.6. The van der Waals surface area contributed by atoms with E-state index in [1.165, 1.54) is 10.9 Å². The summed E-state index contributed by atoms with van der Waals surface area (Å²) in [6.07, 6.45) is 4.81. The van der Waals surface area contributed by atoms with Crippen LogP contribution in [0, 0.1) is 0 Å². The molecule has 0 bridgehead atoms. The Morgan fingerprint density at radius 1 is 1.00 bits per heavy atom. The molecule has 7 nitrogen and oxygen atoms in total. The van der Waals surface area contributed by atoms with Crippen molar-refractivity contribution >= 4 is 16.8 Å². The van der Waals surface area contributed by atoms with E-state index >= 15 is 0 Å². The van der Waals surface area contributed by atoms with Crippen LogP contribution >= 0.6 is 0 Å². The SMILES string of the molecule is O=C(Cn1ncc(=O)c2ccccc21)NCc1ccccc1-n1cccn1. The molecule has 2 heterocycles. The zero-order valence-electron chi connectivity index (χ0n) is 14.4. The summed E-state index contributed by atoms with van der Waals surface area (Å²) in [4.78, 5) is 24.3. The van der Waals surface area contributed by atoms with E-state index in [-0.39, 0.29) is 17.9 Å². The van der Waals surface area contributed by atoms with Crippen LogP contribution in [0.15, 0.2) is 78.0 Å². The first-order valence-corrected chi connectivity index (χ1v) is 8.52. The lowest BCUT2D eigenvalue weighted by atomic mass is 10.2. The quantitative estimate of drug-likeness (QED) is 0.590. The van der Waals surface area contributed by atoms with E-state index in [2.05, 4.69) is 15.5 Å². The summed E-state index contributed by atoms with van der Waals surface area (Å²) in [5.74, 6) is -0.188. The molecule has 1 N–H and O–H groups in total. The number of hydrogen-bond donors (Lipinski definition) is 1. The molecule has 134 valence electrons. The van der Waals surface area contributed by atoms with Crippen molar-refractivity contribution in [2.45, 2.75) is 13.1 Å². The molecule has 0 aliphatic carbocycles. The van der Waals surface area contributed by atoms with Crippen molar-refractivity contribution in [1.29, 1.82) is 0 Å². The third-order valence-electron chi connectivity index (χ3n) is 4.27. The van der Waals surface area contributed by atoms with Gasteiger partial charge in [0.05, 0.1) is 17.4 Å². The Morgan fingerprint density at radius 2 is 1.81 bits per heavy atom. The van der Waals surface area contributed by atoms with Crippen LogP contribution in [0.3, 0.4) is 0 Å². The molecule has 0 saturated heterocycles. The highest BCUT2D eigenvalue weighted by Crippen LogP contribution is 2.13. The second-order valence-electron chi connectivity index (χ2n) is 6.04. The number of nitrogens with zero attached hydrogens (tertiary/aromatic N) is 4. The normalized spacial score (nSPS) is 10.8. The minimum atomic E-state index is -0.188. The van der Waals surface area contributed by atoms with Gasteiger partial charge in [-0.05, 0) is 29.8 Å². The highest BCUT2D eigenvalue weighted by molar-refractivity contribution is 5.81. The van der Waals surface area contributed by atoms with E-state index in [1.807, 2.05) is 42.6 Å². The first-order chi connectivity index (χ1) is 13.2. The molecule has 0 fully saturated rings. The first-order valence-electron chi connectivity index (χ1n) is 8.52. The largest absolute Gasteiger partial charge is 0.350 e. The lowest BCUT2D eigenvalue weighted by Crippen LogP contribution is -2.29. The molecular formula is C20H17N5O2. The number of para-hydroxylation sites is 2. The molecule has 0 atom stereocenters. The van der Waals surface area contributed by atoms with E-state index in [9.17, 15) is 9.59 Å². The minimum Gasteiger partial charge on any atom is -0.350 e. The van der Waals surface area contributed by atoms with Gasteiger partial charge in [0.2, 0.25) is 11.3 Å². The molecule has 0 spiro atoms. The Balaban J connectivity index is 1.51. The lowest BCUT2D eigenvalue weighted by molar-refractivity contribution is -0.121. The number of aromatic nitrogens is 4. The maximum atomic E-state index is 12.4. The Labute approximate surface area is 154 Å². The van der Waals surface area contributed by atoms with Gasteiger partial charge < -0.3 is 5.32 Å². The molecule has 27 heavy (non-hydrogen) atoms. The van der Waals surface area contributed by atoms with Crippen LogP contribution in [-0.4, -0.2) is 25.5 Å². The Bertz CT molecular complexity index is 1150. The Hall–Kier alpha value is -3.74. The second-order valence-corrected chi connectivity index (χ2v) is 6.04. The third-order valence-corrected chi connectivity index (χ3v) is 4.27. The molecule has 4 rings (SSSR count). The molecule has 2 aromatic heterocycles. The highest BCUT2D eigenvalue weighted by Gasteiger charge is 2.10. The average Bonchev–Trinajstić information content (AvgIpc) is 3.24. The number of amides is 1. The number of benzene rings is 2. The number of hydrogen-bond acceptors (Lipinski definition) is 4. The molecule has 7 heteroatoms. The smallest absolute Gasteiger partial charge is 0.242 e. The average molecular weight is 359 g/mol. The summed E-state index contributed by atoms with van der Waals surface area (Å²) in [7, 11) is 0. The molecule has 0 aliphatic heterocycles. The first kappa shape index (κ1) is 16.7. The van der Waals surface area contributed by atoms with Crippen molar-refractivity contribution in [1.82, 2.24) is 24.9 Å². The van der Waals surface area contributed by atoms with Gasteiger partial charge >= 0.3 is 0 Å². The van der Waals surface area contributed by atoms with Gasteiger partial charge in [-0.1, -0.05) is 30.3 Å². The minimum absolute atomic E-state index is 0.0325. The van der Waals surface area contributed by atoms with Crippen LogP contribution in [0.2, 0.25) is 0 Å². The van der Waals surface area contributed by atoms with Crippen molar-refractivity contribution in [3.8, 4) is 5.69 Å². The maximum absolute atomic E-state index is 12.4. The number of carbonyl (C=O) groups is 1. The van der Waals surface area contributed by atoms with E-state index in [4.69, 9.17) is 0 Å². The van der Waals surface area contributed by atoms with E-state index in [0.717, 1.165) is 11.3 Å². The standard InChI is InChI=1S/C20H17N5O2/c26-19-13-23-25(18-9-4-2-7-16(18)19)14-20(27)21-12-15-6-1-3-8-17(15)24-11-5-10-22-24/h1-11,13H,12,14H2,(H,21,27). The van der Waals surface area contributed by atoms with Gasteiger partial charge in [0.1, 0.15) is 6.54 Å². The predicted octanol–water partition coefficient (Wildman–Crippen LogP) is 1.90. The van der Waals surface area contributed by atoms with Gasteiger partial charge in [-0.25, -0.2) is 4.68 Å². The second kappa shape index (κ2) is 7.25. The molecule has 1 amide bonds. The van der Waals surface area contributed by atoms with Gasteiger partial charge in [0.25, 0.3) is 0 Å². The van der Waals surface area contributed by atoms with E-state index in [1.54, 1.807) is 29.1 Å². The summed E-state index contributed by atoms with van der Waals surface area (Å²) < 4.78 is 3.30. The van der Waals surface area contributed by atoms with Crippen molar-refractivity contribution in [2.24, 2.45) is 0 Å². The van der Waals surface area contributed by atoms with Crippen LogP contribution in [0.25, 0.3) is 16.6 Å². The molecule has 2 aromatic carbocycles. The monoisotopic (exact) mass is 359 g/mol. The molecule has 0 saturated carbocycles. The topological polar surface area (TPSA) is 81.8 Å². The van der Waals surface area contributed by atoms with Gasteiger partial charge in [-0.15, -0.1) is 0 Å². The van der Waals surface area contributed by atoms with Crippen molar-refractivity contribution in [3.63, 3.8) is 0 Å². The summed E-state index contributed by atoms with van der Waals surface area (Å²) in [6.45, 7) is 0.401. The summed E-state index contributed by atoms with van der Waals surface area (Å²) >= 11 is 0. The highest BCUT2D eigenvalue weighted by atomic mass is 16.2. The van der Waals surface area contributed by atoms with Gasteiger partial charge in [-0.3, -0.25) is 14.3 Å². The van der Waals surface area contributed by atoms with Crippen LogP contribution in [0.5, 0.6) is 0 Å². The number of carbonyl (C=O) groups excluding carboxylic acids is 1. The molecular weight excluding hydrogens is 342 g/mol. The molecule has 0 radical (unpaired) electrons. The summed E-state index contributed by atoms with van der Waals surface area (Å²) in [5, 5.41) is 11.8. The van der Waals surface area contributed by atoms with Crippen molar-refractivity contribution < 1.29 is 4.79 Å². The van der Waals surface area contributed by atoms with Crippen molar-refractivity contribution in [2.75, 3.05) is 0 Å². The lowest BCUT2D eigenvalue weighted by Gasteiger charge is -2.12. The van der Waals surface area contributed by atoms with Gasteiger partial charge in [0.15, 0.2) is 0 Å². The number of nitrogens with one attached hydrogen (secondary N) is 1. The molecule has 4 aromatic rings. The van der Waals surface area contributed by atoms with Crippen LogP contribution in [0.1, 0.15) is 5.56 Å². The summed E-state index contributed by atoms with van der Waals surface area (Å²) in [5.41, 5.74) is 2.34. The van der Waals surface area contributed by atoms with Crippen molar-refractivity contribution in [3.05, 3.63) is 89.0 Å². The fourth-order valence-electron chi connectivity index (χ4n) is 2.97. The fourth-order valence-corrected chi connectivity index (χ4v) is 2.97. The third kappa shape index (κ3) is 3.48. The van der Waals surface area contributed by atoms with Crippen LogP contribution < -0.4 is 10.7 Å². The Kier molecular flexibility index (Phi) is 4.49. The van der Waals surface area contributed by atoms with Crippen LogP contribution in [-0.2, 0) is 17.9 Å². The summed E-state index contributed by atoms with van der Waals surface area (Å²) in [6, 6.07) is 16.7. The predicted molar refractivity (Wildman–Crippen MR) is 101 cm³/mol. The van der Waals surface area contributed by atoms with Crippen LogP contribution in [0.4, 0.5) is 0 Å². The maximum Gasteiger partial charge on any atom is 0.242 e. The molecule has 0 unspecified atom stereocenters. The molecule has 0 aliphatic rings. The van der Waals surface area contributed by atoms with E-state index in [0.29, 0.717) is 17.4 Å². The fraction of sp³-hybridized carbons (Fsp3) is 0.100. The van der Waals surface area contributed by atoms with Gasteiger partial charge in [0, 0.05) is 24.3 Å². The Morgan fingerprint density at radius 3 is 2.67 bits per heavy atom. The van der Waals surface area contributed by atoms with E-state index < -0.39 is 0 Å². The number of fused-ring (bicyclic) bond motifs is 1.